The molecule has 0 aliphatic heterocycles. The molecule has 0 spiro atoms. The van der Waals surface area contributed by atoms with Crippen molar-refractivity contribution in [1.82, 2.24) is 14.8 Å². The van der Waals surface area contributed by atoms with Crippen LogP contribution in [-0.4, -0.2) is 19.6 Å². The molecular weight excluding hydrogens is 411 g/mol. The molecule has 0 fully saturated rings. The molecule has 2 aromatic rings. The lowest BCUT2D eigenvalue weighted by molar-refractivity contribution is -0.143. The van der Waals surface area contributed by atoms with Crippen LogP contribution in [-0.2, 0) is 18.9 Å². The minimum Gasteiger partial charge on any atom is -0.382 e. The maximum Gasteiger partial charge on any atom is 0.416 e. The maximum absolute atomic E-state index is 13.0. The van der Waals surface area contributed by atoms with Gasteiger partial charge in [-0.2, -0.15) is 36.4 Å². The first-order valence-electron chi connectivity index (χ1n) is 6.66. The van der Waals surface area contributed by atoms with Crippen molar-refractivity contribution in [2.45, 2.75) is 23.7 Å². The zero-order chi connectivity index (χ0) is 19.9. The van der Waals surface area contributed by atoms with Crippen LogP contribution in [0.3, 0.4) is 0 Å². The van der Waals surface area contributed by atoms with Crippen molar-refractivity contribution in [1.29, 1.82) is 5.41 Å². The second-order valence-electron chi connectivity index (χ2n) is 5.04. The van der Waals surface area contributed by atoms with Crippen molar-refractivity contribution in [3.8, 4) is 11.3 Å². The van der Waals surface area contributed by atoms with Crippen molar-refractivity contribution in [3.63, 3.8) is 0 Å². The number of benzene rings is 1. The van der Waals surface area contributed by atoms with E-state index < -0.39 is 51.0 Å². The first kappa shape index (κ1) is 20.3. The van der Waals surface area contributed by atoms with E-state index in [9.17, 15) is 26.3 Å². The quantitative estimate of drug-likeness (QED) is 0.585. The highest BCUT2D eigenvalue weighted by atomic mass is 35.5. The van der Waals surface area contributed by atoms with Gasteiger partial charge in [0.05, 0.1) is 17.7 Å². The van der Waals surface area contributed by atoms with Crippen LogP contribution >= 0.6 is 23.2 Å². The standard InChI is InChI=1S/C13H9Cl2F6N5/c14-8(15)4-26-11(23)24-10(22)9(25-26)5-1-6(12(16,17)18)3-7(2-5)13(19,20)21/h1-3,8H,4H2,(H3,22,23,24). The molecule has 142 valence electrons. The van der Waals surface area contributed by atoms with Gasteiger partial charge in [0.1, 0.15) is 10.5 Å². The normalized spacial score (nSPS) is 12.7. The zero-order valence-electron chi connectivity index (χ0n) is 12.5. The summed E-state index contributed by atoms with van der Waals surface area (Å²) in [5.41, 5.74) is 0.933. The number of aromatic nitrogens is 3. The van der Waals surface area contributed by atoms with Gasteiger partial charge in [-0.25, -0.2) is 4.68 Å². The van der Waals surface area contributed by atoms with E-state index in [1.54, 1.807) is 0 Å². The monoisotopic (exact) mass is 419 g/mol. The Kier molecular flexibility index (Phi) is 5.43. The second-order valence-corrected chi connectivity index (χ2v) is 6.31. The SMILES string of the molecule is N=c1nc(N)c(-c2cc(C(F)(F)F)cc(C(F)(F)F)c2)nn1CC(Cl)Cl. The van der Waals surface area contributed by atoms with Crippen LogP contribution in [0.1, 0.15) is 11.1 Å². The van der Waals surface area contributed by atoms with Crippen LogP contribution < -0.4 is 11.4 Å². The van der Waals surface area contributed by atoms with Gasteiger partial charge in [0.2, 0.25) is 5.62 Å². The van der Waals surface area contributed by atoms with Crippen LogP contribution in [0.5, 0.6) is 0 Å². The van der Waals surface area contributed by atoms with Crippen molar-refractivity contribution in [3.05, 3.63) is 34.9 Å². The van der Waals surface area contributed by atoms with Gasteiger partial charge in [-0.1, -0.05) is 0 Å². The van der Waals surface area contributed by atoms with Crippen molar-refractivity contribution >= 4 is 29.0 Å². The third-order valence-corrected chi connectivity index (χ3v) is 3.38. The van der Waals surface area contributed by atoms with E-state index in [2.05, 4.69) is 10.1 Å². The number of nitrogens with one attached hydrogen (secondary N) is 1. The first-order chi connectivity index (χ1) is 11.8. The van der Waals surface area contributed by atoms with Gasteiger partial charge in [-0.15, -0.1) is 23.2 Å². The predicted molar refractivity (Wildman–Crippen MR) is 81.2 cm³/mol. The first-order valence-corrected chi connectivity index (χ1v) is 7.53. The number of nitrogens with zero attached hydrogens (tertiary/aromatic N) is 3. The number of anilines is 1. The molecule has 0 amide bonds. The van der Waals surface area contributed by atoms with Gasteiger partial charge in [0.25, 0.3) is 0 Å². The molecule has 2 rings (SSSR count). The molecule has 0 aliphatic rings. The number of rotatable bonds is 3. The van der Waals surface area contributed by atoms with E-state index in [0.29, 0.717) is 12.1 Å². The van der Waals surface area contributed by atoms with Gasteiger partial charge in [-0.3, -0.25) is 5.41 Å². The average molecular weight is 420 g/mol. The lowest BCUT2D eigenvalue weighted by Crippen LogP contribution is -2.29. The summed E-state index contributed by atoms with van der Waals surface area (Å²) < 4.78 is 78.6. The van der Waals surface area contributed by atoms with Crippen LogP contribution in [0.2, 0.25) is 0 Å². The minimum atomic E-state index is -5.03. The van der Waals surface area contributed by atoms with Crippen LogP contribution in [0.15, 0.2) is 18.2 Å². The largest absolute Gasteiger partial charge is 0.416 e. The molecule has 0 unspecified atom stereocenters. The number of alkyl halides is 8. The topological polar surface area (TPSA) is 80.6 Å². The van der Waals surface area contributed by atoms with E-state index in [-0.39, 0.29) is 12.6 Å². The van der Waals surface area contributed by atoms with Crippen LogP contribution in [0.4, 0.5) is 32.2 Å². The molecule has 13 heteroatoms. The number of hydrogen-bond acceptors (Lipinski definition) is 4. The highest BCUT2D eigenvalue weighted by molar-refractivity contribution is 6.44. The van der Waals surface area contributed by atoms with Gasteiger partial charge in [-0.05, 0) is 18.2 Å². The lowest BCUT2D eigenvalue weighted by atomic mass is 10.0. The van der Waals surface area contributed by atoms with Crippen LogP contribution in [0.25, 0.3) is 11.3 Å². The molecule has 0 saturated heterocycles. The summed E-state index contributed by atoms with van der Waals surface area (Å²) in [4.78, 5) is 2.51. The summed E-state index contributed by atoms with van der Waals surface area (Å²) in [6, 6.07) is 0.901. The van der Waals surface area contributed by atoms with Gasteiger partial charge in [0.15, 0.2) is 5.82 Å². The van der Waals surface area contributed by atoms with E-state index in [0.717, 1.165) is 4.68 Å². The highest BCUT2D eigenvalue weighted by Gasteiger charge is 2.37. The Balaban J connectivity index is 2.73. The smallest absolute Gasteiger partial charge is 0.382 e. The Morgan fingerprint density at radius 2 is 1.54 bits per heavy atom. The number of hydrogen-bond donors (Lipinski definition) is 2. The summed E-state index contributed by atoms with van der Waals surface area (Å²) >= 11 is 11.1. The number of nitrogens with two attached hydrogens (primary N) is 1. The molecule has 0 bridgehead atoms. The van der Waals surface area contributed by atoms with Gasteiger partial charge >= 0.3 is 12.4 Å². The molecular formula is C13H9Cl2F6N5. The zero-order valence-corrected chi connectivity index (χ0v) is 14.0. The maximum atomic E-state index is 13.0. The predicted octanol–water partition coefficient (Wildman–Crippen LogP) is 3.85. The Morgan fingerprint density at radius 1 is 1.04 bits per heavy atom. The summed E-state index contributed by atoms with van der Waals surface area (Å²) in [6.45, 7) is -0.271. The molecule has 1 heterocycles. The Labute approximate surface area is 151 Å². The van der Waals surface area contributed by atoms with E-state index in [1.807, 2.05) is 0 Å². The Hall–Kier alpha value is -2.01. The Bertz CT molecular complexity index is 843. The molecule has 1 aromatic heterocycles. The Morgan fingerprint density at radius 3 is 1.96 bits per heavy atom. The summed E-state index contributed by atoms with van der Waals surface area (Å²) in [6.07, 6.45) is -10.1. The van der Waals surface area contributed by atoms with E-state index in [4.69, 9.17) is 34.3 Å². The average Bonchev–Trinajstić information content (AvgIpc) is 2.47. The fourth-order valence-corrected chi connectivity index (χ4v) is 2.26. The summed E-state index contributed by atoms with van der Waals surface area (Å²) in [5, 5.41) is 11.3. The second kappa shape index (κ2) is 6.95. The molecule has 0 radical (unpaired) electrons. The fourth-order valence-electron chi connectivity index (χ4n) is 2.00. The molecule has 26 heavy (non-hydrogen) atoms. The number of nitrogen functional groups attached to an aromatic ring is 1. The van der Waals surface area contributed by atoms with E-state index >= 15 is 0 Å². The molecule has 3 N–H and O–H groups in total. The third-order valence-electron chi connectivity index (χ3n) is 3.11. The van der Waals surface area contributed by atoms with Gasteiger partial charge < -0.3 is 5.73 Å². The van der Waals surface area contributed by atoms with E-state index in [1.165, 1.54) is 0 Å². The van der Waals surface area contributed by atoms with Crippen LogP contribution in [0, 0.1) is 5.41 Å². The highest BCUT2D eigenvalue weighted by Crippen LogP contribution is 2.38. The minimum absolute atomic E-state index is 0.0203. The summed E-state index contributed by atoms with van der Waals surface area (Å²) in [7, 11) is 0. The van der Waals surface area contributed by atoms with Crippen molar-refractivity contribution in [2.75, 3.05) is 5.73 Å². The molecule has 1 aromatic carbocycles. The third kappa shape index (κ3) is 4.58. The summed E-state index contributed by atoms with van der Waals surface area (Å²) in [5.74, 6) is -0.514. The van der Waals surface area contributed by atoms with Gasteiger partial charge in [0, 0.05) is 5.56 Å². The molecule has 0 saturated carbocycles. The van der Waals surface area contributed by atoms with Crippen molar-refractivity contribution < 1.29 is 26.3 Å². The molecule has 0 atom stereocenters. The lowest BCUT2D eigenvalue weighted by Gasteiger charge is -2.15. The fraction of sp³-hybridized carbons (Fsp3) is 0.308. The molecule has 5 nitrogen and oxygen atoms in total. The molecule has 0 aliphatic carbocycles. The van der Waals surface area contributed by atoms with Crippen molar-refractivity contribution in [2.24, 2.45) is 0 Å². The number of halogens is 8.